The number of amides is 2. The van der Waals surface area contributed by atoms with Gasteiger partial charge in [0.15, 0.2) is 0 Å². The molecule has 0 aliphatic carbocycles. The van der Waals surface area contributed by atoms with Crippen LogP contribution in [-0.2, 0) is 20.7 Å². The van der Waals surface area contributed by atoms with Crippen LogP contribution in [0.25, 0.3) is 0 Å². The van der Waals surface area contributed by atoms with Gasteiger partial charge in [-0.05, 0) is 54.3 Å². The standard InChI is InChI=1S/C23H28N2O3S/c1-16-6-3-4-8-19(16)23-20-10-13-29-21(20)9-11-25(23)22(27)15-24(17(2)26)14-18-7-5-12-28-18/h3-4,6,8,10,13,18,23H,5,7,9,11-12,14-15H2,1-2H3/t18-,23+/m1/s1. The van der Waals surface area contributed by atoms with Gasteiger partial charge in [0.25, 0.3) is 0 Å². The molecule has 0 radical (unpaired) electrons. The van der Waals surface area contributed by atoms with Crippen molar-refractivity contribution in [1.29, 1.82) is 0 Å². The molecule has 0 saturated carbocycles. The van der Waals surface area contributed by atoms with Gasteiger partial charge in [-0.25, -0.2) is 0 Å². The minimum Gasteiger partial charge on any atom is -0.376 e. The number of benzene rings is 1. The molecule has 154 valence electrons. The smallest absolute Gasteiger partial charge is 0.242 e. The van der Waals surface area contributed by atoms with E-state index in [2.05, 4.69) is 30.5 Å². The third-order valence-electron chi connectivity index (χ3n) is 5.99. The number of thiophene rings is 1. The van der Waals surface area contributed by atoms with Crippen LogP contribution in [0.15, 0.2) is 35.7 Å². The molecule has 1 aromatic carbocycles. The van der Waals surface area contributed by atoms with Gasteiger partial charge in [-0.15, -0.1) is 11.3 Å². The number of carbonyl (C=O) groups is 2. The molecule has 4 rings (SSSR count). The van der Waals surface area contributed by atoms with Crippen LogP contribution >= 0.6 is 11.3 Å². The maximum atomic E-state index is 13.4. The van der Waals surface area contributed by atoms with E-state index in [0.29, 0.717) is 13.1 Å². The average molecular weight is 413 g/mol. The molecule has 2 aliphatic rings. The average Bonchev–Trinajstić information content (AvgIpc) is 3.38. The number of hydrogen-bond donors (Lipinski definition) is 0. The van der Waals surface area contributed by atoms with Gasteiger partial charge < -0.3 is 14.5 Å². The summed E-state index contributed by atoms with van der Waals surface area (Å²) in [7, 11) is 0. The van der Waals surface area contributed by atoms with E-state index in [9.17, 15) is 9.59 Å². The maximum absolute atomic E-state index is 13.4. The summed E-state index contributed by atoms with van der Waals surface area (Å²) in [6.07, 6.45) is 2.88. The summed E-state index contributed by atoms with van der Waals surface area (Å²) in [6.45, 7) is 5.65. The first-order chi connectivity index (χ1) is 14.0. The Balaban J connectivity index is 1.59. The highest BCUT2D eigenvalue weighted by molar-refractivity contribution is 7.10. The second-order valence-electron chi connectivity index (χ2n) is 7.93. The van der Waals surface area contributed by atoms with Gasteiger partial charge in [0.05, 0.1) is 18.7 Å². The Labute approximate surface area is 176 Å². The van der Waals surface area contributed by atoms with Crippen molar-refractivity contribution in [2.24, 2.45) is 0 Å². The van der Waals surface area contributed by atoms with Crippen LogP contribution in [0.5, 0.6) is 0 Å². The van der Waals surface area contributed by atoms with Gasteiger partial charge in [0.2, 0.25) is 11.8 Å². The van der Waals surface area contributed by atoms with E-state index in [1.54, 1.807) is 16.2 Å². The van der Waals surface area contributed by atoms with Crippen molar-refractivity contribution in [1.82, 2.24) is 9.80 Å². The molecule has 2 aromatic rings. The highest BCUT2D eigenvalue weighted by atomic mass is 32.1. The number of fused-ring (bicyclic) bond motifs is 1. The molecule has 6 heteroatoms. The summed E-state index contributed by atoms with van der Waals surface area (Å²) in [5, 5.41) is 2.11. The van der Waals surface area contributed by atoms with Crippen LogP contribution in [0.4, 0.5) is 0 Å². The molecular weight excluding hydrogens is 384 g/mol. The lowest BCUT2D eigenvalue weighted by molar-refractivity contribution is -0.141. The highest BCUT2D eigenvalue weighted by Crippen LogP contribution is 2.39. The minimum absolute atomic E-state index is 0.00306. The first kappa shape index (κ1) is 20.1. The molecule has 5 nitrogen and oxygen atoms in total. The summed E-state index contributed by atoms with van der Waals surface area (Å²) in [4.78, 5) is 30.6. The highest BCUT2D eigenvalue weighted by Gasteiger charge is 2.34. The molecule has 1 saturated heterocycles. The fourth-order valence-electron chi connectivity index (χ4n) is 4.41. The van der Waals surface area contributed by atoms with Crippen molar-refractivity contribution >= 4 is 23.2 Å². The quantitative estimate of drug-likeness (QED) is 0.755. The van der Waals surface area contributed by atoms with Gasteiger partial charge in [-0.3, -0.25) is 9.59 Å². The second kappa shape index (κ2) is 8.67. The Morgan fingerprint density at radius 1 is 1.24 bits per heavy atom. The SMILES string of the molecule is CC(=O)N(CC(=O)N1CCc2sccc2[C@@H]1c1ccccc1C)C[C@H]1CCCO1. The monoisotopic (exact) mass is 412 g/mol. The Kier molecular flexibility index (Phi) is 6.01. The fraction of sp³-hybridized carbons (Fsp3) is 0.478. The van der Waals surface area contributed by atoms with Gasteiger partial charge in [0.1, 0.15) is 0 Å². The van der Waals surface area contributed by atoms with Crippen LogP contribution in [0, 0.1) is 6.92 Å². The molecular formula is C23H28N2O3S. The lowest BCUT2D eigenvalue weighted by Crippen LogP contribution is -2.48. The van der Waals surface area contributed by atoms with E-state index in [4.69, 9.17) is 4.74 Å². The van der Waals surface area contributed by atoms with E-state index in [0.717, 1.165) is 31.4 Å². The van der Waals surface area contributed by atoms with Gasteiger partial charge in [-0.2, -0.15) is 0 Å². The Morgan fingerprint density at radius 3 is 2.79 bits per heavy atom. The van der Waals surface area contributed by atoms with E-state index in [-0.39, 0.29) is 30.5 Å². The van der Waals surface area contributed by atoms with Gasteiger partial charge in [-0.1, -0.05) is 24.3 Å². The lowest BCUT2D eigenvalue weighted by atomic mass is 9.90. The summed E-state index contributed by atoms with van der Waals surface area (Å²) in [6, 6.07) is 10.3. The molecule has 0 bridgehead atoms. The molecule has 0 N–H and O–H groups in total. The van der Waals surface area contributed by atoms with Crippen LogP contribution in [0.3, 0.4) is 0 Å². The third kappa shape index (κ3) is 4.23. The van der Waals surface area contributed by atoms with Gasteiger partial charge >= 0.3 is 0 Å². The largest absolute Gasteiger partial charge is 0.376 e. The van der Waals surface area contributed by atoms with E-state index < -0.39 is 0 Å². The Morgan fingerprint density at radius 2 is 2.07 bits per heavy atom. The van der Waals surface area contributed by atoms with Crippen molar-refractivity contribution < 1.29 is 14.3 Å². The van der Waals surface area contributed by atoms with Crippen molar-refractivity contribution in [3.63, 3.8) is 0 Å². The minimum atomic E-state index is -0.0877. The zero-order valence-electron chi connectivity index (χ0n) is 17.1. The summed E-state index contributed by atoms with van der Waals surface area (Å²) in [5.74, 6) is -0.0715. The van der Waals surface area contributed by atoms with Crippen molar-refractivity contribution in [2.75, 3.05) is 26.2 Å². The van der Waals surface area contributed by atoms with Crippen LogP contribution in [0.2, 0.25) is 0 Å². The predicted octanol–water partition coefficient (Wildman–Crippen LogP) is 3.56. The number of ether oxygens (including phenoxy) is 1. The molecule has 0 spiro atoms. The summed E-state index contributed by atoms with van der Waals surface area (Å²) >= 11 is 1.76. The molecule has 1 fully saturated rings. The molecule has 29 heavy (non-hydrogen) atoms. The van der Waals surface area contributed by atoms with Crippen molar-refractivity contribution in [3.05, 3.63) is 57.3 Å². The zero-order chi connectivity index (χ0) is 20.4. The van der Waals surface area contributed by atoms with E-state index >= 15 is 0 Å². The third-order valence-corrected chi connectivity index (χ3v) is 6.99. The maximum Gasteiger partial charge on any atom is 0.242 e. The zero-order valence-corrected chi connectivity index (χ0v) is 17.9. The second-order valence-corrected chi connectivity index (χ2v) is 8.93. The fourth-order valence-corrected chi connectivity index (χ4v) is 5.31. The lowest BCUT2D eigenvalue weighted by Gasteiger charge is -2.38. The number of aryl methyl sites for hydroxylation is 1. The van der Waals surface area contributed by atoms with Crippen LogP contribution in [-0.4, -0.2) is 54.0 Å². The summed E-state index contributed by atoms with van der Waals surface area (Å²) < 4.78 is 5.69. The molecule has 2 aliphatic heterocycles. The molecule has 1 aromatic heterocycles. The number of nitrogens with zero attached hydrogens (tertiary/aromatic N) is 2. The Hall–Kier alpha value is -2.18. The molecule has 0 unspecified atom stereocenters. The topological polar surface area (TPSA) is 49.9 Å². The summed E-state index contributed by atoms with van der Waals surface area (Å²) in [5.41, 5.74) is 3.56. The number of hydrogen-bond acceptors (Lipinski definition) is 4. The van der Waals surface area contributed by atoms with Crippen LogP contribution in [0.1, 0.15) is 47.4 Å². The Bertz CT molecular complexity index is 888. The predicted molar refractivity (Wildman–Crippen MR) is 114 cm³/mol. The van der Waals surface area contributed by atoms with E-state index in [1.165, 1.54) is 22.9 Å². The van der Waals surface area contributed by atoms with Crippen molar-refractivity contribution in [2.45, 2.75) is 45.3 Å². The number of rotatable bonds is 5. The first-order valence-electron chi connectivity index (χ1n) is 10.3. The van der Waals surface area contributed by atoms with E-state index in [1.807, 2.05) is 17.0 Å². The first-order valence-corrected chi connectivity index (χ1v) is 11.2. The molecule has 2 atom stereocenters. The molecule has 3 heterocycles. The van der Waals surface area contributed by atoms with Crippen LogP contribution < -0.4 is 0 Å². The number of carbonyl (C=O) groups excluding carboxylic acids is 2. The van der Waals surface area contributed by atoms with Crippen molar-refractivity contribution in [3.8, 4) is 0 Å². The molecule has 2 amide bonds. The van der Waals surface area contributed by atoms with Gasteiger partial charge in [0, 0.05) is 31.5 Å². The normalized spacial score (nSPS) is 21.1.